The number of hydrogen-bond donors (Lipinski definition) is 1. The number of amidine groups is 1. The van der Waals surface area contributed by atoms with Gasteiger partial charge in [0.05, 0.1) is 15.5 Å². The van der Waals surface area contributed by atoms with Crippen molar-refractivity contribution in [3.05, 3.63) is 34.9 Å². The van der Waals surface area contributed by atoms with Crippen LogP contribution in [0, 0.1) is 0 Å². The van der Waals surface area contributed by atoms with E-state index >= 15 is 0 Å². The standard InChI is InChI=1S/C12H14N2OS/c1-16(15)7-9-3-2-4-10(8-5-6-8)11(9)12(13)14-16/h2-4,8H,1,5-7H2,(H2,13,14,15). The van der Waals surface area contributed by atoms with Crippen LogP contribution in [0.15, 0.2) is 22.6 Å². The molecule has 2 aliphatic rings. The lowest BCUT2D eigenvalue weighted by Gasteiger charge is -2.19. The van der Waals surface area contributed by atoms with Gasteiger partial charge in [0.2, 0.25) is 0 Å². The lowest BCUT2D eigenvalue weighted by Crippen LogP contribution is -2.25. The molecule has 1 unspecified atom stereocenters. The number of nitrogens with two attached hydrogens (primary N) is 1. The summed E-state index contributed by atoms with van der Waals surface area (Å²) in [6, 6.07) is 6.10. The Hall–Kier alpha value is -1.29. The van der Waals surface area contributed by atoms with Crippen LogP contribution < -0.4 is 5.73 Å². The van der Waals surface area contributed by atoms with Crippen molar-refractivity contribution in [2.24, 2.45) is 10.1 Å². The Balaban J connectivity index is 2.23. The summed E-state index contributed by atoms with van der Waals surface area (Å²) < 4.78 is 15.9. The van der Waals surface area contributed by atoms with E-state index in [0.717, 1.165) is 11.1 Å². The molecule has 0 bridgehead atoms. The van der Waals surface area contributed by atoms with E-state index in [4.69, 9.17) is 5.73 Å². The van der Waals surface area contributed by atoms with Gasteiger partial charge in [-0.05, 0) is 35.8 Å². The number of fused-ring (bicyclic) bond motifs is 1. The Morgan fingerprint density at radius 2 is 2.19 bits per heavy atom. The third-order valence-corrected chi connectivity index (χ3v) is 4.39. The number of benzene rings is 1. The first-order chi connectivity index (χ1) is 7.57. The van der Waals surface area contributed by atoms with Gasteiger partial charge in [0.25, 0.3) is 0 Å². The highest BCUT2D eigenvalue weighted by molar-refractivity contribution is 7.98. The van der Waals surface area contributed by atoms with Gasteiger partial charge in [-0.25, -0.2) is 4.21 Å². The molecule has 3 nitrogen and oxygen atoms in total. The van der Waals surface area contributed by atoms with Crippen molar-refractivity contribution in [1.82, 2.24) is 0 Å². The maximum Gasteiger partial charge on any atom is 0.141 e. The zero-order valence-electron chi connectivity index (χ0n) is 8.98. The highest BCUT2D eigenvalue weighted by Gasteiger charge is 2.30. The minimum Gasteiger partial charge on any atom is -0.383 e. The molecular formula is C12H14N2OS. The quantitative estimate of drug-likeness (QED) is 0.747. The van der Waals surface area contributed by atoms with Crippen molar-refractivity contribution in [3.8, 4) is 0 Å². The average Bonchev–Trinajstić information content (AvgIpc) is 2.97. The molecule has 4 heteroatoms. The third kappa shape index (κ3) is 1.53. The summed E-state index contributed by atoms with van der Waals surface area (Å²) in [6.07, 6.45) is 2.45. The highest BCUT2D eigenvalue weighted by atomic mass is 32.2. The monoisotopic (exact) mass is 234 g/mol. The van der Waals surface area contributed by atoms with Gasteiger partial charge < -0.3 is 5.73 Å². The van der Waals surface area contributed by atoms with Crippen molar-refractivity contribution >= 4 is 21.4 Å². The van der Waals surface area contributed by atoms with Crippen LogP contribution in [0.1, 0.15) is 35.4 Å². The molecule has 1 aromatic carbocycles. The summed E-state index contributed by atoms with van der Waals surface area (Å²) >= 11 is 0. The fraction of sp³-hybridized carbons (Fsp3) is 0.333. The number of nitrogens with zero attached hydrogens (tertiary/aromatic N) is 1. The molecule has 1 aliphatic carbocycles. The van der Waals surface area contributed by atoms with E-state index in [9.17, 15) is 4.21 Å². The molecule has 1 heterocycles. The predicted octanol–water partition coefficient (Wildman–Crippen LogP) is 1.41. The van der Waals surface area contributed by atoms with Crippen molar-refractivity contribution in [1.29, 1.82) is 0 Å². The minimum absolute atomic E-state index is 0.406. The topological polar surface area (TPSA) is 55.5 Å². The molecule has 16 heavy (non-hydrogen) atoms. The lowest BCUT2D eigenvalue weighted by molar-refractivity contribution is 0.681. The molecule has 1 saturated carbocycles. The second-order valence-corrected chi connectivity index (χ2v) is 6.57. The Morgan fingerprint density at radius 3 is 2.88 bits per heavy atom. The van der Waals surface area contributed by atoms with E-state index in [1.165, 1.54) is 18.4 Å². The van der Waals surface area contributed by atoms with E-state index in [0.29, 0.717) is 17.5 Å². The lowest BCUT2D eigenvalue weighted by atomic mass is 9.97. The molecule has 1 aromatic rings. The maximum atomic E-state index is 11.9. The first-order valence-corrected chi connectivity index (χ1v) is 7.24. The van der Waals surface area contributed by atoms with Gasteiger partial charge in [-0.2, -0.15) is 4.40 Å². The first-order valence-electron chi connectivity index (χ1n) is 5.39. The molecule has 0 radical (unpaired) electrons. The summed E-state index contributed by atoms with van der Waals surface area (Å²) in [6.45, 7) is 0. The number of hydrogen-bond acceptors (Lipinski definition) is 2. The fourth-order valence-electron chi connectivity index (χ4n) is 2.29. The fourth-order valence-corrected chi connectivity index (χ4v) is 3.53. The summed E-state index contributed by atoms with van der Waals surface area (Å²) in [4.78, 5) is 0. The molecule has 0 aromatic heterocycles. The van der Waals surface area contributed by atoms with Crippen LogP contribution in [0.2, 0.25) is 0 Å². The van der Waals surface area contributed by atoms with Gasteiger partial charge in [0, 0.05) is 5.56 Å². The Labute approximate surface area is 95.5 Å². The summed E-state index contributed by atoms with van der Waals surface area (Å²) in [5.74, 6) is 5.08. The van der Waals surface area contributed by atoms with Crippen molar-refractivity contribution in [3.63, 3.8) is 0 Å². The molecule has 84 valence electrons. The van der Waals surface area contributed by atoms with Gasteiger partial charge in [0.15, 0.2) is 0 Å². The zero-order valence-corrected chi connectivity index (χ0v) is 9.80. The third-order valence-electron chi connectivity index (χ3n) is 3.10. The van der Waals surface area contributed by atoms with Crippen LogP contribution in [0.4, 0.5) is 0 Å². The molecule has 0 spiro atoms. The van der Waals surface area contributed by atoms with E-state index in [1.54, 1.807) is 0 Å². The predicted molar refractivity (Wildman–Crippen MR) is 68.1 cm³/mol. The molecule has 3 rings (SSSR count). The zero-order chi connectivity index (χ0) is 11.3. The van der Waals surface area contributed by atoms with Crippen molar-refractivity contribution in [2.45, 2.75) is 24.5 Å². The molecule has 0 amide bonds. The highest BCUT2D eigenvalue weighted by Crippen LogP contribution is 2.43. The largest absolute Gasteiger partial charge is 0.383 e. The smallest absolute Gasteiger partial charge is 0.141 e. The molecule has 2 N–H and O–H groups in total. The van der Waals surface area contributed by atoms with Crippen LogP contribution >= 0.6 is 0 Å². The Kier molecular flexibility index (Phi) is 1.92. The molecular weight excluding hydrogens is 220 g/mol. The van der Waals surface area contributed by atoms with Gasteiger partial charge in [-0.1, -0.05) is 18.2 Å². The Morgan fingerprint density at radius 1 is 1.44 bits per heavy atom. The Bertz CT molecular complexity index is 583. The summed E-state index contributed by atoms with van der Waals surface area (Å²) in [7, 11) is -2.40. The van der Waals surface area contributed by atoms with Crippen LogP contribution in [0.25, 0.3) is 0 Å². The average molecular weight is 234 g/mol. The SMILES string of the molecule is C=S1(=O)Cc2cccc(C3CC3)c2C(N)=N1. The van der Waals surface area contributed by atoms with Crippen molar-refractivity contribution in [2.75, 3.05) is 0 Å². The molecule has 1 atom stereocenters. The molecule has 1 aliphatic heterocycles. The van der Waals surface area contributed by atoms with E-state index in [2.05, 4.69) is 16.3 Å². The van der Waals surface area contributed by atoms with Gasteiger partial charge in [0.1, 0.15) is 5.84 Å². The van der Waals surface area contributed by atoms with Crippen molar-refractivity contribution < 1.29 is 4.21 Å². The van der Waals surface area contributed by atoms with Gasteiger partial charge in [-0.3, -0.25) is 0 Å². The maximum absolute atomic E-state index is 11.9. The molecule has 0 saturated heterocycles. The van der Waals surface area contributed by atoms with E-state index in [1.807, 2.05) is 12.1 Å². The van der Waals surface area contributed by atoms with Gasteiger partial charge >= 0.3 is 0 Å². The molecule has 1 fully saturated rings. The summed E-state index contributed by atoms with van der Waals surface area (Å²) in [5, 5.41) is 0. The van der Waals surface area contributed by atoms with E-state index < -0.39 is 9.71 Å². The minimum atomic E-state index is -2.40. The first kappa shape index (κ1) is 9.90. The van der Waals surface area contributed by atoms with Gasteiger partial charge in [-0.15, -0.1) is 0 Å². The van der Waals surface area contributed by atoms with Crippen LogP contribution in [0.5, 0.6) is 0 Å². The van der Waals surface area contributed by atoms with Crippen LogP contribution in [-0.4, -0.2) is 15.9 Å². The normalized spacial score (nSPS) is 28.4. The summed E-state index contributed by atoms with van der Waals surface area (Å²) in [5.41, 5.74) is 9.25. The van der Waals surface area contributed by atoms with Crippen LogP contribution in [-0.2, 0) is 15.5 Å². The number of rotatable bonds is 1. The van der Waals surface area contributed by atoms with Crippen LogP contribution in [0.3, 0.4) is 0 Å². The van der Waals surface area contributed by atoms with E-state index in [-0.39, 0.29) is 0 Å². The second kappa shape index (κ2) is 3.10. The second-order valence-electron chi connectivity index (χ2n) is 4.55.